The minimum atomic E-state index is -0.103. The van der Waals surface area contributed by atoms with Gasteiger partial charge in [0, 0.05) is 41.7 Å². The number of piperidine rings is 2. The van der Waals surface area contributed by atoms with Crippen LogP contribution in [-0.2, 0) is 11.3 Å². The van der Waals surface area contributed by atoms with Gasteiger partial charge in [0.25, 0.3) is 0 Å². The van der Waals surface area contributed by atoms with E-state index >= 15 is 0 Å². The highest BCUT2D eigenvalue weighted by Crippen LogP contribution is 2.39. The molecule has 0 radical (unpaired) electrons. The van der Waals surface area contributed by atoms with Crippen molar-refractivity contribution in [2.45, 2.75) is 111 Å². The molecule has 0 amide bonds. The van der Waals surface area contributed by atoms with Crippen LogP contribution in [0.3, 0.4) is 0 Å². The van der Waals surface area contributed by atoms with E-state index in [2.05, 4.69) is 79.4 Å². The first kappa shape index (κ1) is 32.1. The van der Waals surface area contributed by atoms with E-state index in [1.165, 1.54) is 74.0 Å². The molecule has 2 aromatic rings. The van der Waals surface area contributed by atoms with Crippen molar-refractivity contribution >= 4 is 5.78 Å². The predicted molar refractivity (Wildman–Crippen MR) is 171 cm³/mol. The molecule has 228 valence electrons. The van der Waals surface area contributed by atoms with E-state index in [0.717, 1.165) is 37.2 Å². The van der Waals surface area contributed by atoms with Crippen LogP contribution in [0.4, 0.5) is 4.48 Å². The number of pyridine rings is 1. The first-order valence-corrected chi connectivity index (χ1v) is 15.9. The number of benzene rings is 1. The van der Waals surface area contributed by atoms with E-state index in [4.69, 9.17) is 0 Å². The molecule has 6 rings (SSSR count). The van der Waals surface area contributed by atoms with Crippen LogP contribution in [0.1, 0.15) is 86.7 Å². The van der Waals surface area contributed by atoms with Gasteiger partial charge >= 0.3 is 0 Å². The third-order valence-corrected chi connectivity index (χ3v) is 9.22. The van der Waals surface area contributed by atoms with Gasteiger partial charge < -0.3 is 0 Å². The molecular formula is C36H51FN4O. The number of hydrogen-bond acceptors (Lipinski definition) is 5. The van der Waals surface area contributed by atoms with Crippen LogP contribution in [-0.4, -0.2) is 63.4 Å². The number of halogens is 1. The lowest BCUT2D eigenvalue weighted by molar-refractivity contribution is -0.114. The fraction of sp³-hybridized carbons (Fsp3) is 0.556. The van der Waals surface area contributed by atoms with Gasteiger partial charge in [-0.1, -0.05) is 53.4 Å². The maximum absolute atomic E-state index is 13.3. The van der Waals surface area contributed by atoms with Gasteiger partial charge in [-0.2, -0.15) is 0 Å². The van der Waals surface area contributed by atoms with Gasteiger partial charge in [-0.05, 0) is 116 Å². The number of hydrogen-bond donors (Lipinski definition) is 0. The molecule has 2 aliphatic heterocycles. The molecule has 0 spiro atoms. The third-order valence-electron chi connectivity index (χ3n) is 9.22. The fourth-order valence-electron chi connectivity index (χ4n) is 6.19. The van der Waals surface area contributed by atoms with E-state index in [-0.39, 0.29) is 11.8 Å². The highest BCUT2D eigenvalue weighted by atomic mass is 19.2. The average Bonchev–Trinajstić information content (AvgIpc) is 3.84. The normalized spacial score (nSPS) is 21.6. The van der Waals surface area contributed by atoms with Crippen molar-refractivity contribution in [3.05, 3.63) is 87.9 Å². The minimum Gasteiger partial charge on any atom is -0.299 e. The molecule has 1 atom stereocenters. The standard InChI is InChI=1S/C19H30N2.C9H10FNO.C8H11N/c1-16-6-8-18(9-7-16)15-20-13-10-19(11-14-20)21-12-4-3-5-17(21)2;1-5-8(6(2)9(5)12)11(10)7-3-4-7;1-6-4-7(2)8(3)9-5-6/h6-9,17,19H,3-5,10-15H2,1-2H3;7H,1,3-4H2,2H3;4-5H,1-3H3. The van der Waals surface area contributed by atoms with Crippen molar-refractivity contribution in [1.82, 2.24) is 19.9 Å². The van der Waals surface area contributed by atoms with Crippen LogP contribution in [0.2, 0.25) is 0 Å². The number of rotatable bonds is 5. The van der Waals surface area contributed by atoms with Crippen LogP contribution in [0.5, 0.6) is 0 Å². The van der Waals surface area contributed by atoms with Crippen LogP contribution in [0, 0.1) is 27.7 Å². The predicted octanol–water partition coefficient (Wildman–Crippen LogP) is 7.59. The summed E-state index contributed by atoms with van der Waals surface area (Å²) in [4.78, 5) is 20.6. The van der Waals surface area contributed by atoms with Gasteiger partial charge in [-0.25, -0.2) is 5.12 Å². The Kier molecular flexibility index (Phi) is 11.1. The topological polar surface area (TPSA) is 39.7 Å². The van der Waals surface area contributed by atoms with Crippen molar-refractivity contribution in [1.29, 1.82) is 0 Å². The molecule has 3 fully saturated rings. The van der Waals surface area contributed by atoms with Crippen molar-refractivity contribution < 1.29 is 9.28 Å². The molecular weight excluding hydrogens is 523 g/mol. The SMILES string of the molecule is C=C1C(=O)C(C)=C1N(F)C1CC1.Cc1ccc(CN2CCC(N3CCCCC3C)CC2)cc1.Cc1cnc(C)c(C)c1. The number of likely N-dealkylation sites (tertiary alicyclic amines) is 2. The average molecular weight is 575 g/mol. The van der Waals surface area contributed by atoms with Crippen molar-refractivity contribution in [2.75, 3.05) is 19.6 Å². The van der Waals surface area contributed by atoms with E-state index in [0.29, 0.717) is 22.0 Å². The lowest BCUT2D eigenvalue weighted by Crippen LogP contribution is -2.49. The van der Waals surface area contributed by atoms with Crippen LogP contribution in [0.25, 0.3) is 0 Å². The number of nitrogens with zero attached hydrogens (tertiary/aromatic N) is 4. The summed E-state index contributed by atoms with van der Waals surface area (Å²) in [7, 11) is 0. The maximum Gasteiger partial charge on any atom is 0.192 e. The summed E-state index contributed by atoms with van der Waals surface area (Å²) in [5, 5.41) is 0.694. The number of aromatic nitrogens is 1. The smallest absolute Gasteiger partial charge is 0.192 e. The Labute approximate surface area is 253 Å². The second-order valence-corrected chi connectivity index (χ2v) is 12.8. The van der Waals surface area contributed by atoms with Crippen LogP contribution >= 0.6 is 0 Å². The second-order valence-electron chi connectivity index (χ2n) is 12.8. The second kappa shape index (κ2) is 14.6. The zero-order valence-electron chi connectivity index (χ0n) is 26.8. The lowest BCUT2D eigenvalue weighted by atomic mass is 9.88. The van der Waals surface area contributed by atoms with E-state index < -0.39 is 0 Å². The quantitative estimate of drug-likeness (QED) is 0.272. The Morgan fingerprint density at radius 3 is 2.14 bits per heavy atom. The first-order valence-electron chi connectivity index (χ1n) is 15.9. The summed E-state index contributed by atoms with van der Waals surface area (Å²) in [5.41, 5.74) is 7.70. The number of allylic oxidation sites excluding steroid dienone is 2. The van der Waals surface area contributed by atoms with Crippen molar-refractivity contribution in [3.8, 4) is 0 Å². The largest absolute Gasteiger partial charge is 0.299 e. The summed E-state index contributed by atoms with van der Waals surface area (Å²) < 4.78 is 13.3. The zero-order chi connectivity index (χ0) is 30.4. The molecule has 1 unspecified atom stereocenters. The highest BCUT2D eigenvalue weighted by molar-refractivity contribution is 6.18. The number of Topliss-reactive ketones (excluding diaryl/α,β-unsaturated/α-hetero) is 1. The highest BCUT2D eigenvalue weighted by Gasteiger charge is 2.40. The number of carbonyl (C=O) groups is 1. The van der Waals surface area contributed by atoms with Crippen molar-refractivity contribution in [2.24, 2.45) is 0 Å². The molecule has 6 heteroatoms. The summed E-state index contributed by atoms with van der Waals surface area (Å²) in [6, 6.07) is 12.8. The Morgan fingerprint density at radius 2 is 1.60 bits per heavy atom. The molecule has 1 aromatic carbocycles. The molecule has 0 N–H and O–H groups in total. The van der Waals surface area contributed by atoms with Gasteiger partial charge in [-0.15, -0.1) is 0 Å². The fourth-order valence-corrected chi connectivity index (χ4v) is 6.19. The third kappa shape index (κ3) is 8.38. The van der Waals surface area contributed by atoms with Crippen LogP contribution in [0.15, 0.2) is 60.0 Å². The Morgan fingerprint density at radius 1 is 0.929 bits per heavy atom. The molecule has 0 bridgehead atoms. The number of carbonyl (C=O) groups excluding carboxylic acids is 1. The molecule has 4 aliphatic rings. The Hall–Kier alpha value is -2.83. The lowest BCUT2D eigenvalue weighted by Gasteiger charge is -2.43. The van der Waals surface area contributed by atoms with Crippen LogP contribution < -0.4 is 0 Å². The number of aryl methyl sites for hydroxylation is 4. The summed E-state index contributed by atoms with van der Waals surface area (Å²) in [6.07, 6.45) is 10.6. The van der Waals surface area contributed by atoms with E-state index in [1.54, 1.807) is 6.92 Å². The number of ketones is 1. The Balaban J connectivity index is 0.000000162. The van der Waals surface area contributed by atoms with Gasteiger partial charge in [0.2, 0.25) is 0 Å². The van der Waals surface area contributed by atoms with Gasteiger partial charge in [0.1, 0.15) is 0 Å². The summed E-state index contributed by atoms with van der Waals surface area (Å²) in [6.45, 7) is 20.9. The Bertz CT molecular complexity index is 1260. The van der Waals surface area contributed by atoms with Gasteiger partial charge in [0.15, 0.2) is 5.78 Å². The molecule has 2 saturated heterocycles. The van der Waals surface area contributed by atoms with Crippen molar-refractivity contribution in [3.63, 3.8) is 0 Å². The maximum atomic E-state index is 13.3. The summed E-state index contributed by atoms with van der Waals surface area (Å²) >= 11 is 0. The molecule has 1 aromatic heterocycles. The minimum absolute atomic E-state index is 0.000185. The molecule has 1 saturated carbocycles. The van der Waals surface area contributed by atoms with Gasteiger partial charge in [0.05, 0.1) is 11.7 Å². The molecule has 5 nitrogen and oxygen atoms in total. The van der Waals surface area contributed by atoms with E-state index in [9.17, 15) is 9.28 Å². The van der Waals surface area contributed by atoms with Gasteiger partial charge in [-0.3, -0.25) is 19.6 Å². The molecule has 3 heterocycles. The molecule has 42 heavy (non-hydrogen) atoms. The monoisotopic (exact) mass is 574 g/mol. The van der Waals surface area contributed by atoms with E-state index in [1.807, 2.05) is 13.1 Å². The molecule has 2 aliphatic carbocycles. The summed E-state index contributed by atoms with van der Waals surface area (Å²) in [5.74, 6) is -0.103. The zero-order valence-corrected chi connectivity index (χ0v) is 26.8. The first-order chi connectivity index (χ1) is 20.0.